The number of benzene rings is 6. The Balaban J connectivity index is 1.64. The molecule has 0 saturated heterocycles. The summed E-state index contributed by atoms with van der Waals surface area (Å²) >= 11 is 0. The average Bonchev–Trinajstić information content (AvgIpc) is 1.32. The highest BCUT2D eigenvalue weighted by Crippen LogP contribution is 2.46. The molecule has 0 bridgehead atoms. The van der Waals surface area contributed by atoms with Gasteiger partial charge >= 0.3 is 0 Å². The molecule has 1 N–H and O–H groups in total. The molecule has 0 fully saturated rings. The van der Waals surface area contributed by atoms with E-state index in [0.29, 0.717) is 28.3 Å². The average molecular weight is 888 g/mol. The molecule has 8 rings (SSSR count). The van der Waals surface area contributed by atoms with E-state index in [4.69, 9.17) is 43.4 Å². The monoisotopic (exact) mass is 888 g/mol. The summed E-state index contributed by atoms with van der Waals surface area (Å²) in [6, 6.07) is 19.8. The Morgan fingerprint density at radius 3 is 1.97 bits per heavy atom. The van der Waals surface area contributed by atoms with Gasteiger partial charge in [-0.1, -0.05) is 181 Å². The number of hydrogen-bond donors (Lipinski definition) is 1. The van der Waals surface area contributed by atoms with Crippen molar-refractivity contribution in [3.63, 3.8) is 0 Å². The predicted molar refractivity (Wildman–Crippen MR) is 277 cm³/mol. The maximum Gasteiger partial charge on any atom is 0.149 e. The Hall–Kier alpha value is -6.26. The van der Waals surface area contributed by atoms with Gasteiger partial charge in [0, 0.05) is 62.7 Å². The van der Waals surface area contributed by atoms with Gasteiger partial charge in [-0.2, -0.15) is 0 Å². The number of phenols is 1. The molecule has 0 aliphatic carbocycles. The number of para-hydroxylation sites is 1. The third-order valence-electron chi connectivity index (χ3n) is 11.4. The van der Waals surface area contributed by atoms with Crippen LogP contribution in [-0.2, 0) is 21.7 Å². The number of fused-ring (bicyclic) bond motifs is 1. The molecule has 332 valence electrons. The van der Waals surface area contributed by atoms with Gasteiger partial charge in [-0.3, -0.25) is 9.55 Å². The molecule has 0 amide bonds. The fourth-order valence-electron chi connectivity index (χ4n) is 7.92. The summed E-state index contributed by atoms with van der Waals surface area (Å²) in [5.41, 5.74) is -12.9. The molecule has 4 nitrogen and oxygen atoms in total. The smallest absolute Gasteiger partial charge is 0.149 e. The van der Waals surface area contributed by atoms with Crippen LogP contribution >= 0.6 is 0 Å². The minimum Gasteiger partial charge on any atom is -0.507 e. The fourth-order valence-corrected chi connectivity index (χ4v) is 7.92. The first kappa shape index (κ1) is 21.4. The Labute approximate surface area is 430 Å². The fraction of sp³-hybridized carbons (Fsp3) is 0.311. The number of aromatic nitrogens is 3. The highest BCUT2D eigenvalue weighted by atomic mass is 16.3. The van der Waals surface area contributed by atoms with E-state index in [1.807, 2.05) is 20.8 Å². The second kappa shape index (κ2) is 16.6. The van der Waals surface area contributed by atoms with Crippen LogP contribution in [-0.4, -0.2) is 19.6 Å². The number of rotatable bonds is 7. The third-order valence-corrected chi connectivity index (χ3v) is 11.4. The van der Waals surface area contributed by atoms with Crippen molar-refractivity contribution in [2.45, 2.75) is 124 Å². The quantitative estimate of drug-likeness (QED) is 0.173. The molecule has 0 aliphatic rings. The first-order valence-corrected chi connectivity index (χ1v) is 20.7. The second-order valence-corrected chi connectivity index (χ2v) is 18.2. The van der Waals surface area contributed by atoms with Crippen LogP contribution in [0.5, 0.6) is 5.75 Å². The van der Waals surface area contributed by atoms with Crippen LogP contribution in [0.4, 0.5) is 0 Å². The van der Waals surface area contributed by atoms with Gasteiger partial charge in [0.05, 0.1) is 34.8 Å². The molecule has 6 aromatic carbocycles. The maximum atomic E-state index is 13.2. The van der Waals surface area contributed by atoms with Crippen molar-refractivity contribution < 1.29 is 46.2 Å². The van der Waals surface area contributed by atoms with E-state index in [1.165, 1.54) is 59.3 Å². The molecule has 0 saturated carbocycles. The molecule has 65 heavy (non-hydrogen) atoms. The molecule has 4 heteroatoms. The lowest BCUT2D eigenvalue weighted by molar-refractivity contribution is 0.446. The van der Waals surface area contributed by atoms with Crippen LogP contribution in [0.1, 0.15) is 171 Å². The van der Waals surface area contributed by atoms with Crippen molar-refractivity contribution >= 4 is 11.0 Å². The number of hydrogen-bond acceptors (Lipinski definition) is 3. The van der Waals surface area contributed by atoms with E-state index < -0.39 is 146 Å². The zero-order valence-electron chi connectivity index (χ0n) is 66.7. The molecule has 8 aromatic rings. The molecule has 0 atom stereocenters. The van der Waals surface area contributed by atoms with Gasteiger partial charge in [-0.15, -0.1) is 0 Å². The van der Waals surface area contributed by atoms with Crippen molar-refractivity contribution in [1.82, 2.24) is 14.5 Å². The van der Waals surface area contributed by atoms with Crippen molar-refractivity contribution in [1.29, 1.82) is 0 Å². The molecular weight excluding hydrogens is 791 g/mol. The van der Waals surface area contributed by atoms with Gasteiger partial charge in [0.15, 0.2) is 0 Å². The Morgan fingerprint density at radius 1 is 0.585 bits per heavy atom. The second-order valence-electron chi connectivity index (χ2n) is 18.2. The van der Waals surface area contributed by atoms with E-state index >= 15 is 0 Å². The summed E-state index contributed by atoms with van der Waals surface area (Å²) in [5, 5.41) is 13.2. The summed E-state index contributed by atoms with van der Waals surface area (Å²) in [5.74, 6) is -5.43. The molecule has 0 spiro atoms. The lowest BCUT2D eigenvalue weighted by atomic mass is 9.79. The summed E-state index contributed by atoms with van der Waals surface area (Å²) in [6.45, 7) is -21.2. The standard InChI is InChI=1S/C61H67N3O/c1-38(2)46-23-18-19-24-47(46)40-29-30-62-52(34-40)42-31-41(32-44(33-42)59(6,7)8)48-25-20-26-54-55(48)63-57(50-36-45(60(9,10)11)37-51(56(50)65)61(12,13)14)64(54)53-28-27-43(58(3,4)5)35-49(53)39-21-16-15-17-22-39/h15-38,65H,1-14H3/i1D3,2D3,9D3,10D3,11D3,12D3,13D3,14D3,15D,16D,17D,21D,22D,38D. The van der Waals surface area contributed by atoms with Crippen LogP contribution in [0.15, 0.2) is 140 Å². The molecule has 2 heterocycles. The number of aromatic hydroxyl groups is 1. The zero-order chi connectivity index (χ0) is 72.1. The molecular formula is C61H67N3O. The number of pyridine rings is 1. The highest BCUT2D eigenvalue weighted by molar-refractivity contribution is 5.98. The van der Waals surface area contributed by atoms with Gasteiger partial charge < -0.3 is 5.11 Å². The van der Waals surface area contributed by atoms with Crippen molar-refractivity contribution in [2.75, 3.05) is 0 Å². The van der Waals surface area contributed by atoms with E-state index in [-0.39, 0.29) is 56.3 Å². The molecule has 0 aliphatic heterocycles. The number of imidazole rings is 1. The SMILES string of the molecule is [2H]c1c([2H])c([2H])c(-c2cc(C(C)(C)C)ccc2-n2c(-c3cc(C(C([2H])([2H])[2H])(C([2H])([2H])[2H])C([2H])([2H])[2H])cc(C(C([2H])([2H])[2H])(C([2H])([2H])[2H])C([2H])([2H])[2H])c3O)nc3c(-c4cc(-c5cc(-c6ccccc6C([2H])(C([2H])([2H])[2H])C([2H])([2H])[2H])ccn5)cc(C(C)(C)C)c4)cccc32)c([2H])c1[2H]. The largest absolute Gasteiger partial charge is 0.507 e. The van der Waals surface area contributed by atoms with Gasteiger partial charge in [-0.25, -0.2) is 4.98 Å². The van der Waals surface area contributed by atoms with Gasteiger partial charge in [0.1, 0.15) is 11.6 Å². The maximum absolute atomic E-state index is 13.2. The van der Waals surface area contributed by atoms with Crippen molar-refractivity contribution in [3.05, 3.63) is 167 Å². The molecule has 0 unspecified atom stereocenters. The first-order valence-electron chi connectivity index (χ1n) is 35.7. The van der Waals surface area contributed by atoms with Crippen LogP contribution in [0.2, 0.25) is 0 Å². The Bertz CT molecular complexity index is 4200. The summed E-state index contributed by atoms with van der Waals surface area (Å²) in [7, 11) is 0. The van der Waals surface area contributed by atoms with Crippen LogP contribution in [0.3, 0.4) is 0 Å². The predicted octanol–water partition coefficient (Wildman–Crippen LogP) is 16.8. The van der Waals surface area contributed by atoms with Gasteiger partial charge in [0.25, 0.3) is 0 Å². The van der Waals surface area contributed by atoms with Gasteiger partial charge in [-0.05, 0) is 121 Å². The minimum absolute atomic E-state index is 0.0646. The minimum atomic E-state index is -4.33. The van der Waals surface area contributed by atoms with E-state index in [0.717, 1.165) is 0 Å². The summed E-state index contributed by atoms with van der Waals surface area (Å²) in [6.07, 6.45) is 1.39. The topological polar surface area (TPSA) is 50.9 Å². The van der Waals surface area contributed by atoms with E-state index in [9.17, 15) is 7.85 Å². The zero-order valence-corrected chi connectivity index (χ0v) is 36.7. The number of nitrogens with zero attached hydrogens (tertiary/aromatic N) is 3. The highest BCUT2D eigenvalue weighted by Gasteiger charge is 2.30. The lowest BCUT2D eigenvalue weighted by Gasteiger charge is -2.28. The van der Waals surface area contributed by atoms with Crippen molar-refractivity contribution in [2.24, 2.45) is 0 Å². The van der Waals surface area contributed by atoms with E-state index in [2.05, 4.69) is 4.98 Å². The number of phenolic OH excluding ortho intramolecular Hbond substituents is 1. The molecule has 0 radical (unpaired) electrons. The van der Waals surface area contributed by atoms with E-state index in [1.54, 1.807) is 63.2 Å². The Morgan fingerprint density at radius 2 is 1.26 bits per heavy atom. The summed E-state index contributed by atoms with van der Waals surface area (Å²) in [4.78, 5) is 9.75. The van der Waals surface area contributed by atoms with Crippen LogP contribution < -0.4 is 0 Å². The molecule has 2 aromatic heterocycles. The van der Waals surface area contributed by atoms with Crippen LogP contribution in [0.25, 0.3) is 72.7 Å². The first-order chi connectivity index (χ1) is 42.9. The normalized spacial score (nSPS) is 21.1. The summed E-state index contributed by atoms with van der Waals surface area (Å²) < 4.78 is 264. The lowest BCUT2D eigenvalue weighted by Crippen LogP contribution is -2.17. The van der Waals surface area contributed by atoms with Crippen molar-refractivity contribution in [3.8, 4) is 67.5 Å². The Kier molecular flexibility index (Phi) is 5.46. The van der Waals surface area contributed by atoms with Crippen LogP contribution in [0, 0.1) is 0 Å². The van der Waals surface area contributed by atoms with Gasteiger partial charge in [0.2, 0.25) is 0 Å². The third kappa shape index (κ3) is 8.93.